The predicted molar refractivity (Wildman–Crippen MR) is 101 cm³/mol. The number of rotatable bonds is 7. The van der Waals surface area contributed by atoms with Crippen LogP contribution < -0.4 is 0 Å². The topological polar surface area (TPSA) is 58.8 Å². The average molecular weight is 368 g/mol. The molecule has 1 fully saturated rings. The number of benzene rings is 2. The van der Waals surface area contributed by atoms with Gasteiger partial charge in [0.05, 0.1) is 19.1 Å². The Kier molecular flexibility index (Phi) is 6.08. The second-order valence-corrected chi connectivity index (χ2v) is 6.57. The van der Waals surface area contributed by atoms with E-state index in [1.165, 1.54) is 12.2 Å². The number of carbonyl (C=O) groups excluding carboxylic acids is 2. The summed E-state index contributed by atoms with van der Waals surface area (Å²) in [5, 5.41) is 1.22. The van der Waals surface area contributed by atoms with Crippen LogP contribution in [0, 0.1) is 5.92 Å². The lowest BCUT2D eigenvalue weighted by molar-refractivity contribution is -0.173. The van der Waals surface area contributed by atoms with Crippen molar-refractivity contribution in [1.29, 1.82) is 0 Å². The van der Waals surface area contributed by atoms with E-state index in [4.69, 9.17) is 9.57 Å². The molecular weight excluding hydrogens is 344 g/mol. The van der Waals surface area contributed by atoms with Crippen LogP contribution in [0.2, 0.25) is 0 Å². The predicted octanol–water partition coefficient (Wildman–Crippen LogP) is 2.89. The van der Waals surface area contributed by atoms with Gasteiger partial charge in [-0.15, -0.1) is 0 Å². The van der Waals surface area contributed by atoms with Gasteiger partial charge in [-0.05, 0) is 17.5 Å². The normalized spacial score (nSPS) is 16.5. The summed E-state index contributed by atoms with van der Waals surface area (Å²) >= 11 is 0. The number of carbonyl (C=O) groups is 2. The Morgan fingerprint density at radius 2 is 1.67 bits per heavy atom. The number of amides is 2. The van der Waals surface area contributed by atoms with Crippen molar-refractivity contribution in [3.8, 4) is 0 Å². The molecule has 0 aromatic heterocycles. The van der Waals surface area contributed by atoms with Crippen LogP contribution >= 0.6 is 0 Å². The van der Waals surface area contributed by atoms with Gasteiger partial charge in [0.15, 0.2) is 0 Å². The van der Waals surface area contributed by atoms with Gasteiger partial charge in [-0.2, -0.15) is 0 Å². The van der Waals surface area contributed by atoms with Gasteiger partial charge in [0, 0.05) is 13.6 Å². The smallest absolute Gasteiger partial charge is 0.410 e. The minimum atomic E-state index is -0.394. The first-order valence-corrected chi connectivity index (χ1v) is 8.93. The largest absolute Gasteiger partial charge is 0.445 e. The van der Waals surface area contributed by atoms with Gasteiger partial charge in [0.25, 0.3) is 5.91 Å². The van der Waals surface area contributed by atoms with Crippen molar-refractivity contribution in [3.63, 3.8) is 0 Å². The van der Waals surface area contributed by atoms with E-state index < -0.39 is 6.09 Å². The molecule has 2 amide bonds. The Morgan fingerprint density at radius 1 is 1.07 bits per heavy atom. The highest BCUT2D eigenvalue weighted by molar-refractivity contribution is 5.81. The van der Waals surface area contributed by atoms with E-state index >= 15 is 0 Å². The summed E-state index contributed by atoms with van der Waals surface area (Å²) in [5.74, 6) is -0.522. The Morgan fingerprint density at radius 3 is 2.26 bits per heavy atom. The van der Waals surface area contributed by atoms with Crippen LogP contribution in [0.5, 0.6) is 0 Å². The molecule has 0 saturated carbocycles. The average Bonchev–Trinajstić information content (AvgIpc) is 3.51. The summed E-state index contributed by atoms with van der Waals surface area (Å²) < 4.78 is 5.38. The zero-order chi connectivity index (χ0) is 19.2. The van der Waals surface area contributed by atoms with Crippen LogP contribution in [0.3, 0.4) is 0 Å². The molecule has 0 aliphatic carbocycles. The summed E-state index contributed by atoms with van der Waals surface area (Å²) in [4.78, 5) is 31.7. The number of nitrogens with zero attached hydrogens (tertiary/aromatic N) is 2. The first kappa shape index (κ1) is 18.9. The fourth-order valence-electron chi connectivity index (χ4n) is 3.09. The van der Waals surface area contributed by atoms with Gasteiger partial charge >= 0.3 is 6.09 Å². The third kappa shape index (κ3) is 4.86. The van der Waals surface area contributed by atoms with Crippen molar-refractivity contribution >= 4 is 12.0 Å². The molecule has 2 aromatic carbocycles. The van der Waals surface area contributed by atoms with E-state index in [0.717, 1.165) is 11.1 Å². The number of hydroxylamine groups is 2. The van der Waals surface area contributed by atoms with Gasteiger partial charge < -0.3 is 9.64 Å². The standard InChI is InChI=1S/C21H24N2O4/c1-22(26-2)20(24)18(13-16-9-5-3-6-10-16)19-14-23(19)21(25)27-15-17-11-7-4-8-12-17/h3-12,18-19H,13-15H2,1-2H3/t18-,19+,23?/m0/s1. The van der Waals surface area contributed by atoms with E-state index in [1.807, 2.05) is 60.7 Å². The van der Waals surface area contributed by atoms with E-state index in [-0.39, 0.29) is 24.5 Å². The molecule has 27 heavy (non-hydrogen) atoms. The fraction of sp³-hybridized carbons (Fsp3) is 0.333. The Bertz CT molecular complexity index is 766. The second kappa shape index (κ2) is 8.68. The minimum Gasteiger partial charge on any atom is -0.445 e. The lowest BCUT2D eigenvalue weighted by atomic mass is 9.95. The number of hydrogen-bond acceptors (Lipinski definition) is 4. The van der Waals surface area contributed by atoms with Gasteiger partial charge in [-0.25, -0.2) is 9.86 Å². The molecule has 1 aliphatic heterocycles. The monoisotopic (exact) mass is 368 g/mol. The molecule has 1 heterocycles. The Labute approximate surface area is 159 Å². The molecule has 6 heteroatoms. The van der Waals surface area contributed by atoms with E-state index in [0.29, 0.717) is 13.0 Å². The van der Waals surface area contributed by atoms with Crippen molar-refractivity contribution in [2.75, 3.05) is 20.7 Å². The SMILES string of the molecule is CON(C)C(=O)[C@@H](Cc1ccccc1)[C@H]1CN1C(=O)OCc1ccccc1. The van der Waals surface area contributed by atoms with Crippen LogP contribution in [-0.4, -0.2) is 48.7 Å². The van der Waals surface area contributed by atoms with E-state index in [9.17, 15) is 9.59 Å². The van der Waals surface area contributed by atoms with E-state index in [2.05, 4.69) is 0 Å². The molecule has 6 nitrogen and oxygen atoms in total. The molecule has 0 radical (unpaired) electrons. The molecule has 3 rings (SSSR count). The fourth-order valence-corrected chi connectivity index (χ4v) is 3.09. The molecule has 2 aromatic rings. The highest BCUT2D eigenvalue weighted by Crippen LogP contribution is 2.31. The quantitative estimate of drug-likeness (QED) is 0.557. The first-order chi connectivity index (χ1) is 13.1. The molecule has 1 saturated heterocycles. The van der Waals surface area contributed by atoms with Crippen molar-refractivity contribution in [2.24, 2.45) is 5.92 Å². The molecule has 142 valence electrons. The lowest BCUT2D eigenvalue weighted by Gasteiger charge is -2.22. The molecular formula is C21H24N2O4. The van der Waals surface area contributed by atoms with Gasteiger partial charge in [-0.3, -0.25) is 9.63 Å². The zero-order valence-electron chi connectivity index (χ0n) is 15.6. The van der Waals surface area contributed by atoms with Crippen LogP contribution in [0.4, 0.5) is 4.79 Å². The van der Waals surface area contributed by atoms with Crippen molar-refractivity contribution in [1.82, 2.24) is 9.96 Å². The zero-order valence-corrected chi connectivity index (χ0v) is 15.6. The summed E-state index contributed by atoms with van der Waals surface area (Å²) in [6.45, 7) is 0.729. The second-order valence-electron chi connectivity index (χ2n) is 6.57. The van der Waals surface area contributed by atoms with Crippen LogP contribution in [0.25, 0.3) is 0 Å². The highest BCUT2D eigenvalue weighted by Gasteiger charge is 2.48. The number of hydrogen-bond donors (Lipinski definition) is 0. The van der Waals surface area contributed by atoms with E-state index in [1.54, 1.807) is 11.9 Å². The molecule has 2 atom stereocenters. The first-order valence-electron chi connectivity index (χ1n) is 8.93. The van der Waals surface area contributed by atoms with Crippen LogP contribution in [0.1, 0.15) is 11.1 Å². The van der Waals surface area contributed by atoms with Crippen molar-refractivity contribution in [2.45, 2.75) is 19.1 Å². The molecule has 0 unspecified atom stereocenters. The Balaban J connectivity index is 1.63. The summed E-state index contributed by atoms with van der Waals surface area (Å²) in [6, 6.07) is 19.1. The third-order valence-electron chi connectivity index (χ3n) is 4.75. The van der Waals surface area contributed by atoms with Gasteiger partial charge in [0.1, 0.15) is 6.61 Å². The molecule has 0 bridgehead atoms. The molecule has 1 aliphatic rings. The maximum absolute atomic E-state index is 12.7. The highest BCUT2D eigenvalue weighted by atomic mass is 16.7. The number of ether oxygens (including phenoxy) is 1. The Hall–Kier alpha value is -2.86. The molecule has 0 N–H and O–H groups in total. The maximum Gasteiger partial charge on any atom is 0.410 e. The van der Waals surface area contributed by atoms with Crippen molar-refractivity contribution in [3.05, 3.63) is 71.8 Å². The lowest BCUT2D eigenvalue weighted by Crippen LogP contribution is -2.37. The third-order valence-corrected chi connectivity index (χ3v) is 4.75. The van der Waals surface area contributed by atoms with Crippen molar-refractivity contribution < 1.29 is 19.2 Å². The molecule has 0 spiro atoms. The minimum absolute atomic E-state index is 0.148. The van der Waals surface area contributed by atoms with Crippen LogP contribution in [0.15, 0.2) is 60.7 Å². The van der Waals surface area contributed by atoms with Gasteiger partial charge in [-0.1, -0.05) is 60.7 Å². The van der Waals surface area contributed by atoms with Crippen LogP contribution in [-0.2, 0) is 27.4 Å². The summed E-state index contributed by atoms with van der Waals surface area (Å²) in [7, 11) is 3.04. The van der Waals surface area contributed by atoms with Gasteiger partial charge in [0.2, 0.25) is 0 Å². The maximum atomic E-state index is 12.7. The summed E-state index contributed by atoms with van der Waals surface area (Å²) in [6.07, 6.45) is 0.148. The summed E-state index contributed by atoms with van der Waals surface area (Å²) in [5.41, 5.74) is 1.98.